The Bertz CT molecular complexity index is 1060. The van der Waals surface area contributed by atoms with Crippen molar-refractivity contribution in [2.75, 3.05) is 20.2 Å². The molecule has 3 aromatic rings. The fourth-order valence-electron chi connectivity index (χ4n) is 3.44. The van der Waals surface area contributed by atoms with Gasteiger partial charge in [-0.1, -0.05) is 18.2 Å². The molecule has 0 aliphatic carbocycles. The van der Waals surface area contributed by atoms with E-state index in [2.05, 4.69) is 36.0 Å². The first-order valence-electron chi connectivity index (χ1n) is 10.6. The van der Waals surface area contributed by atoms with E-state index in [1.807, 2.05) is 32.0 Å². The zero-order valence-electron chi connectivity index (χ0n) is 19.0. The van der Waals surface area contributed by atoms with Gasteiger partial charge >= 0.3 is 6.61 Å². The molecule has 180 valence electrons. The molecule has 33 heavy (non-hydrogen) atoms. The molecule has 0 atom stereocenters. The van der Waals surface area contributed by atoms with Crippen LogP contribution >= 0.6 is 24.0 Å². The van der Waals surface area contributed by atoms with Crippen molar-refractivity contribution >= 4 is 41.0 Å². The van der Waals surface area contributed by atoms with Crippen molar-refractivity contribution in [3.8, 4) is 11.5 Å². The van der Waals surface area contributed by atoms with E-state index >= 15 is 0 Å². The van der Waals surface area contributed by atoms with Crippen LogP contribution in [0.1, 0.15) is 24.7 Å². The topological polar surface area (TPSA) is 72.7 Å². The lowest BCUT2D eigenvalue weighted by Gasteiger charge is -2.13. The first-order chi connectivity index (χ1) is 15.5. The number of aromatic nitrogens is 2. The molecule has 0 radical (unpaired) electrons. The Hall–Kier alpha value is -2.63. The monoisotopic (exact) mass is 573 g/mol. The summed E-state index contributed by atoms with van der Waals surface area (Å²) in [4.78, 5) is 9.15. The molecule has 3 rings (SSSR count). The summed E-state index contributed by atoms with van der Waals surface area (Å²) in [6.07, 6.45) is 0.889. The fraction of sp³-hybridized carbons (Fsp3) is 0.391. The Labute approximate surface area is 209 Å². The highest BCUT2D eigenvalue weighted by atomic mass is 127. The lowest BCUT2D eigenvalue weighted by atomic mass is 10.2. The van der Waals surface area contributed by atoms with Crippen molar-refractivity contribution < 1.29 is 18.3 Å². The number of imidazole rings is 1. The summed E-state index contributed by atoms with van der Waals surface area (Å²) in [5.41, 5.74) is 2.87. The van der Waals surface area contributed by atoms with Crippen LogP contribution in [0.15, 0.2) is 47.5 Å². The second-order valence-electron chi connectivity index (χ2n) is 7.14. The van der Waals surface area contributed by atoms with Crippen molar-refractivity contribution in [1.29, 1.82) is 0 Å². The fourth-order valence-corrected chi connectivity index (χ4v) is 3.44. The maximum Gasteiger partial charge on any atom is 0.387 e. The first kappa shape index (κ1) is 26.6. The van der Waals surface area contributed by atoms with Gasteiger partial charge in [0.1, 0.15) is 5.82 Å². The van der Waals surface area contributed by atoms with E-state index in [0.717, 1.165) is 41.9 Å². The minimum atomic E-state index is -2.92. The van der Waals surface area contributed by atoms with E-state index in [4.69, 9.17) is 4.74 Å². The zero-order valence-corrected chi connectivity index (χ0v) is 21.3. The van der Waals surface area contributed by atoms with Crippen LogP contribution in [0.4, 0.5) is 8.78 Å². The number of para-hydroxylation sites is 2. The predicted molar refractivity (Wildman–Crippen MR) is 137 cm³/mol. The summed E-state index contributed by atoms with van der Waals surface area (Å²) < 4.78 is 37.1. The SMILES string of the molecule is CCNC(=NCc1ccc(OC)c(OC(F)F)c1)NCCCn1c(C)nc2ccccc21.I. The third-order valence-electron chi connectivity index (χ3n) is 4.90. The van der Waals surface area contributed by atoms with Gasteiger partial charge in [0.05, 0.1) is 24.7 Å². The lowest BCUT2D eigenvalue weighted by molar-refractivity contribution is -0.0512. The molecule has 0 aliphatic heterocycles. The Balaban J connectivity index is 0.00000385. The Morgan fingerprint density at radius 1 is 1.15 bits per heavy atom. The molecule has 0 unspecified atom stereocenters. The van der Waals surface area contributed by atoms with Crippen LogP contribution in [0.5, 0.6) is 11.5 Å². The summed E-state index contributed by atoms with van der Waals surface area (Å²) in [6.45, 7) is 3.66. The molecule has 0 saturated heterocycles. The van der Waals surface area contributed by atoms with Crippen molar-refractivity contribution in [1.82, 2.24) is 20.2 Å². The van der Waals surface area contributed by atoms with Gasteiger partial charge in [-0.25, -0.2) is 9.98 Å². The number of ether oxygens (including phenoxy) is 2. The van der Waals surface area contributed by atoms with Crippen LogP contribution in [0.2, 0.25) is 0 Å². The molecule has 0 aliphatic rings. The zero-order chi connectivity index (χ0) is 22.9. The van der Waals surface area contributed by atoms with E-state index in [0.29, 0.717) is 19.0 Å². The van der Waals surface area contributed by atoms with Gasteiger partial charge in [0.2, 0.25) is 0 Å². The third-order valence-corrected chi connectivity index (χ3v) is 4.90. The number of guanidine groups is 1. The lowest BCUT2D eigenvalue weighted by Crippen LogP contribution is -2.38. The van der Waals surface area contributed by atoms with E-state index in [1.165, 1.54) is 13.2 Å². The van der Waals surface area contributed by atoms with E-state index < -0.39 is 6.61 Å². The predicted octanol–water partition coefficient (Wildman–Crippen LogP) is 4.72. The van der Waals surface area contributed by atoms with Crippen LogP contribution in [0.3, 0.4) is 0 Å². The van der Waals surface area contributed by atoms with Gasteiger partial charge in [-0.2, -0.15) is 8.78 Å². The maximum atomic E-state index is 12.6. The van der Waals surface area contributed by atoms with Crippen molar-refractivity contribution in [3.05, 3.63) is 53.9 Å². The standard InChI is InChI=1S/C23H29F2N5O2.HI/c1-4-26-23(28-15-17-10-11-20(31-3)21(14-17)32-22(24)25)27-12-7-13-30-16(2)29-18-8-5-6-9-19(18)30;/h5-6,8-11,14,22H,4,7,12-13,15H2,1-3H3,(H2,26,27,28);1H. The highest BCUT2D eigenvalue weighted by Crippen LogP contribution is 2.29. The number of rotatable bonds is 10. The van der Waals surface area contributed by atoms with Crippen LogP contribution < -0.4 is 20.1 Å². The molecule has 1 aromatic heterocycles. The number of aryl methyl sites for hydroxylation is 2. The van der Waals surface area contributed by atoms with E-state index in [-0.39, 0.29) is 35.5 Å². The Kier molecular flexibility index (Phi) is 10.6. The van der Waals surface area contributed by atoms with Gasteiger partial charge in [-0.05, 0) is 50.1 Å². The minimum Gasteiger partial charge on any atom is -0.493 e. The molecule has 10 heteroatoms. The van der Waals surface area contributed by atoms with Gasteiger partial charge in [-0.15, -0.1) is 24.0 Å². The number of aliphatic imine (C=N–C) groups is 1. The van der Waals surface area contributed by atoms with Crippen LogP contribution in [-0.4, -0.2) is 42.3 Å². The number of fused-ring (bicyclic) bond motifs is 1. The number of hydrogen-bond acceptors (Lipinski definition) is 4. The maximum absolute atomic E-state index is 12.6. The largest absolute Gasteiger partial charge is 0.493 e. The molecule has 0 fully saturated rings. The average Bonchev–Trinajstić information content (AvgIpc) is 3.09. The molecule has 1 heterocycles. The van der Waals surface area contributed by atoms with Crippen LogP contribution in [0, 0.1) is 6.92 Å². The van der Waals surface area contributed by atoms with Crippen molar-refractivity contribution in [2.24, 2.45) is 4.99 Å². The smallest absolute Gasteiger partial charge is 0.387 e. The number of halogens is 3. The summed E-state index contributed by atoms with van der Waals surface area (Å²) in [5, 5.41) is 6.52. The molecular weight excluding hydrogens is 543 g/mol. The molecular formula is C23H30F2IN5O2. The van der Waals surface area contributed by atoms with Gasteiger partial charge in [0.15, 0.2) is 17.5 Å². The molecule has 0 amide bonds. The first-order valence-corrected chi connectivity index (χ1v) is 10.6. The molecule has 2 aromatic carbocycles. The molecule has 0 bridgehead atoms. The Morgan fingerprint density at radius 2 is 1.94 bits per heavy atom. The van der Waals surface area contributed by atoms with Crippen molar-refractivity contribution in [3.63, 3.8) is 0 Å². The van der Waals surface area contributed by atoms with Gasteiger partial charge in [0.25, 0.3) is 0 Å². The summed E-state index contributed by atoms with van der Waals surface area (Å²) >= 11 is 0. The second-order valence-corrected chi connectivity index (χ2v) is 7.14. The highest BCUT2D eigenvalue weighted by molar-refractivity contribution is 14.0. The normalized spacial score (nSPS) is 11.4. The second kappa shape index (κ2) is 13.2. The van der Waals surface area contributed by atoms with E-state index in [1.54, 1.807) is 12.1 Å². The highest BCUT2D eigenvalue weighted by Gasteiger charge is 2.11. The number of nitrogens with one attached hydrogen (secondary N) is 2. The molecule has 0 spiro atoms. The number of benzene rings is 2. The van der Waals surface area contributed by atoms with Crippen LogP contribution in [-0.2, 0) is 13.1 Å². The summed E-state index contributed by atoms with van der Waals surface area (Å²) in [6, 6.07) is 13.0. The van der Waals surface area contributed by atoms with Gasteiger partial charge in [0, 0.05) is 19.6 Å². The molecule has 2 N–H and O–H groups in total. The number of hydrogen-bond donors (Lipinski definition) is 2. The molecule has 0 saturated carbocycles. The number of alkyl halides is 2. The average molecular weight is 573 g/mol. The molecule has 7 nitrogen and oxygen atoms in total. The van der Waals surface area contributed by atoms with Gasteiger partial charge in [-0.3, -0.25) is 0 Å². The quantitative estimate of drug-likeness (QED) is 0.159. The Morgan fingerprint density at radius 3 is 2.67 bits per heavy atom. The summed E-state index contributed by atoms with van der Waals surface area (Å²) in [5.74, 6) is 1.90. The third kappa shape index (κ3) is 7.44. The summed E-state index contributed by atoms with van der Waals surface area (Å²) in [7, 11) is 1.41. The minimum absolute atomic E-state index is 0. The number of nitrogens with zero attached hydrogens (tertiary/aromatic N) is 3. The van der Waals surface area contributed by atoms with E-state index in [9.17, 15) is 8.78 Å². The van der Waals surface area contributed by atoms with Crippen molar-refractivity contribution in [2.45, 2.75) is 40.0 Å². The van der Waals surface area contributed by atoms with Gasteiger partial charge < -0.3 is 24.7 Å². The number of methoxy groups -OCH3 is 1. The van der Waals surface area contributed by atoms with Crippen LogP contribution in [0.25, 0.3) is 11.0 Å².